The Hall–Kier alpha value is -1.15. The molecule has 88 valence electrons. The van der Waals surface area contributed by atoms with Crippen LogP contribution in [0.25, 0.3) is 0 Å². The van der Waals surface area contributed by atoms with Crippen LogP contribution in [-0.2, 0) is 11.3 Å². The number of ketones is 1. The molecule has 0 fully saturated rings. The second-order valence-corrected chi connectivity index (χ2v) is 4.45. The van der Waals surface area contributed by atoms with E-state index in [1.54, 1.807) is 0 Å². The lowest BCUT2D eigenvalue weighted by atomic mass is 10.1. The van der Waals surface area contributed by atoms with E-state index in [0.29, 0.717) is 18.7 Å². The largest absolute Gasteiger partial charge is 0.298 e. The van der Waals surface area contributed by atoms with Gasteiger partial charge in [-0.3, -0.25) is 9.69 Å². The van der Waals surface area contributed by atoms with Gasteiger partial charge in [0.2, 0.25) is 0 Å². The van der Waals surface area contributed by atoms with E-state index in [1.807, 2.05) is 14.0 Å². The Bertz CT molecular complexity index is 346. The van der Waals surface area contributed by atoms with Crippen molar-refractivity contribution < 1.29 is 4.79 Å². The Labute approximate surface area is 98.3 Å². The van der Waals surface area contributed by atoms with Gasteiger partial charge in [-0.2, -0.15) is 0 Å². The average Bonchev–Trinajstić information content (AvgIpc) is 2.17. The van der Waals surface area contributed by atoms with Crippen LogP contribution in [0.4, 0.5) is 0 Å². The molecule has 2 heteroatoms. The minimum Gasteiger partial charge on any atom is -0.298 e. The van der Waals surface area contributed by atoms with Gasteiger partial charge in [0.05, 0.1) is 6.54 Å². The van der Waals surface area contributed by atoms with Gasteiger partial charge in [-0.1, -0.05) is 36.8 Å². The van der Waals surface area contributed by atoms with Crippen molar-refractivity contribution in [2.75, 3.05) is 13.6 Å². The molecule has 2 nitrogen and oxygen atoms in total. The molecule has 0 heterocycles. The van der Waals surface area contributed by atoms with E-state index in [-0.39, 0.29) is 0 Å². The first kappa shape index (κ1) is 12.9. The summed E-state index contributed by atoms with van der Waals surface area (Å²) < 4.78 is 0. The van der Waals surface area contributed by atoms with E-state index in [2.05, 4.69) is 36.1 Å². The molecule has 0 N–H and O–H groups in total. The van der Waals surface area contributed by atoms with Gasteiger partial charge in [0, 0.05) is 13.0 Å². The lowest BCUT2D eigenvalue weighted by Gasteiger charge is -2.15. The van der Waals surface area contributed by atoms with Gasteiger partial charge in [0.25, 0.3) is 0 Å². The zero-order valence-corrected chi connectivity index (χ0v) is 10.5. The molecule has 0 saturated heterocycles. The highest BCUT2D eigenvalue weighted by atomic mass is 16.1. The molecular weight excluding hydrogens is 198 g/mol. The number of likely N-dealkylation sites (N-methyl/N-ethyl adjacent to an activating group) is 1. The fourth-order valence-corrected chi connectivity index (χ4v) is 1.84. The summed E-state index contributed by atoms with van der Waals surface area (Å²) in [5.74, 6) is 0.331. The quantitative estimate of drug-likeness (QED) is 0.733. The number of nitrogens with zero attached hydrogens (tertiary/aromatic N) is 1. The molecule has 0 aliphatic rings. The molecule has 1 aromatic rings. The van der Waals surface area contributed by atoms with Crippen LogP contribution in [0.2, 0.25) is 0 Å². The van der Waals surface area contributed by atoms with E-state index in [1.165, 1.54) is 11.1 Å². The van der Waals surface area contributed by atoms with E-state index in [0.717, 1.165) is 13.0 Å². The average molecular weight is 219 g/mol. The second kappa shape index (κ2) is 6.44. The first-order chi connectivity index (χ1) is 7.61. The van der Waals surface area contributed by atoms with E-state index in [4.69, 9.17) is 0 Å². The first-order valence-corrected chi connectivity index (χ1v) is 5.87. The standard InChI is InChI=1S/C14H21NO/c1-4-6-14(16)11-15(3)10-13-8-5-7-12(2)9-13/h5,7-9H,4,6,10-11H2,1-3H3. The zero-order chi connectivity index (χ0) is 12.0. The minimum atomic E-state index is 0.331. The van der Waals surface area contributed by atoms with Gasteiger partial charge in [-0.05, 0) is 26.0 Å². The number of hydrogen-bond donors (Lipinski definition) is 0. The second-order valence-electron chi connectivity index (χ2n) is 4.45. The van der Waals surface area contributed by atoms with Crippen molar-refractivity contribution in [3.05, 3.63) is 35.4 Å². The summed E-state index contributed by atoms with van der Waals surface area (Å²) in [6.07, 6.45) is 1.63. The summed E-state index contributed by atoms with van der Waals surface area (Å²) in [5.41, 5.74) is 2.54. The van der Waals surface area contributed by atoms with Crippen LogP contribution in [0.5, 0.6) is 0 Å². The number of Topliss-reactive ketones (excluding diaryl/α,β-unsaturated/α-hetero) is 1. The normalized spacial score (nSPS) is 10.8. The van der Waals surface area contributed by atoms with Gasteiger partial charge < -0.3 is 0 Å². The number of benzene rings is 1. The Balaban J connectivity index is 2.45. The zero-order valence-electron chi connectivity index (χ0n) is 10.5. The predicted molar refractivity (Wildman–Crippen MR) is 67.4 cm³/mol. The summed E-state index contributed by atoms with van der Waals surface area (Å²) in [5, 5.41) is 0. The third kappa shape index (κ3) is 4.58. The van der Waals surface area contributed by atoms with Crippen LogP contribution in [0.1, 0.15) is 30.9 Å². The van der Waals surface area contributed by atoms with Gasteiger partial charge in [-0.15, -0.1) is 0 Å². The Morgan fingerprint density at radius 1 is 1.38 bits per heavy atom. The highest BCUT2D eigenvalue weighted by Crippen LogP contribution is 2.06. The van der Waals surface area contributed by atoms with Crippen molar-refractivity contribution in [3.8, 4) is 0 Å². The van der Waals surface area contributed by atoms with Crippen LogP contribution < -0.4 is 0 Å². The van der Waals surface area contributed by atoms with Crippen LogP contribution in [-0.4, -0.2) is 24.3 Å². The van der Waals surface area contributed by atoms with E-state index in [9.17, 15) is 4.79 Å². The summed E-state index contributed by atoms with van der Waals surface area (Å²) in [4.78, 5) is 13.5. The fourth-order valence-electron chi connectivity index (χ4n) is 1.84. The third-order valence-electron chi connectivity index (χ3n) is 2.51. The number of aryl methyl sites for hydroxylation is 1. The lowest BCUT2D eigenvalue weighted by Crippen LogP contribution is -2.25. The van der Waals surface area contributed by atoms with Crippen LogP contribution in [0.3, 0.4) is 0 Å². The maximum Gasteiger partial charge on any atom is 0.146 e. The highest BCUT2D eigenvalue weighted by molar-refractivity contribution is 5.80. The smallest absolute Gasteiger partial charge is 0.146 e. The van der Waals surface area contributed by atoms with Crippen molar-refractivity contribution in [2.45, 2.75) is 33.2 Å². The Kier molecular flexibility index (Phi) is 5.20. The molecule has 16 heavy (non-hydrogen) atoms. The molecule has 0 bridgehead atoms. The topological polar surface area (TPSA) is 20.3 Å². The monoisotopic (exact) mass is 219 g/mol. The van der Waals surface area contributed by atoms with Crippen LogP contribution in [0, 0.1) is 6.92 Å². The van der Waals surface area contributed by atoms with Crippen LogP contribution >= 0.6 is 0 Å². The summed E-state index contributed by atoms with van der Waals surface area (Å²) in [6.45, 7) is 5.53. The number of carbonyl (C=O) groups is 1. The molecular formula is C14H21NO. The summed E-state index contributed by atoms with van der Waals surface area (Å²) in [6, 6.07) is 8.42. The van der Waals surface area contributed by atoms with Crippen molar-refractivity contribution >= 4 is 5.78 Å². The number of carbonyl (C=O) groups excluding carboxylic acids is 1. The molecule has 0 unspecified atom stereocenters. The molecule has 0 spiro atoms. The summed E-state index contributed by atoms with van der Waals surface area (Å²) >= 11 is 0. The van der Waals surface area contributed by atoms with Gasteiger partial charge >= 0.3 is 0 Å². The maximum atomic E-state index is 11.5. The lowest BCUT2D eigenvalue weighted by molar-refractivity contribution is -0.120. The number of rotatable bonds is 6. The van der Waals surface area contributed by atoms with E-state index >= 15 is 0 Å². The highest BCUT2D eigenvalue weighted by Gasteiger charge is 2.06. The summed E-state index contributed by atoms with van der Waals surface area (Å²) in [7, 11) is 2.00. The molecule has 0 aliphatic carbocycles. The predicted octanol–water partition coefficient (Wildman–Crippen LogP) is 2.80. The fraction of sp³-hybridized carbons (Fsp3) is 0.500. The molecule has 1 rings (SSSR count). The van der Waals surface area contributed by atoms with Gasteiger partial charge in [0.1, 0.15) is 5.78 Å². The molecule has 0 amide bonds. The molecule has 0 aromatic heterocycles. The van der Waals surface area contributed by atoms with Crippen molar-refractivity contribution in [2.24, 2.45) is 0 Å². The van der Waals surface area contributed by atoms with E-state index < -0.39 is 0 Å². The molecule has 0 aliphatic heterocycles. The molecule has 0 saturated carbocycles. The molecule has 0 atom stereocenters. The van der Waals surface area contributed by atoms with Crippen molar-refractivity contribution in [1.29, 1.82) is 0 Å². The first-order valence-electron chi connectivity index (χ1n) is 5.87. The molecule has 1 aromatic carbocycles. The van der Waals surface area contributed by atoms with Gasteiger partial charge in [0.15, 0.2) is 0 Å². The van der Waals surface area contributed by atoms with Crippen LogP contribution in [0.15, 0.2) is 24.3 Å². The van der Waals surface area contributed by atoms with Crippen molar-refractivity contribution in [1.82, 2.24) is 4.90 Å². The van der Waals surface area contributed by atoms with Crippen molar-refractivity contribution in [3.63, 3.8) is 0 Å². The minimum absolute atomic E-state index is 0.331. The Morgan fingerprint density at radius 3 is 2.75 bits per heavy atom. The maximum absolute atomic E-state index is 11.5. The molecule has 0 radical (unpaired) electrons. The van der Waals surface area contributed by atoms with Gasteiger partial charge in [-0.25, -0.2) is 0 Å². The SMILES string of the molecule is CCCC(=O)CN(C)Cc1cccc(C)c1. The number of hydrogen-bond acceptors (Lipinski definition) is 2. The third-order valence-corrected chi connectivity index (χ3v) is 2.51. The Morgan fingerprint density at radius 2 is 2.12 bits per heavy atom.